The van der Waals surface area contributed by atoms with Gasteiger partial charge in [0.25, 0.3) is 0 Å². The summed E-state index contributed by atoms with van der Waals surface area (Å²) in [6, 6.07) is 0. The number of anilines is 1. The zero-order chi connectivity index (χ0) is 10.1. The van der Waals surface area contributed by atoms with Crippen LogP contribution in [0.1, 0.15) is 30.2 Å². The van der Waals surface area contributed by atoms with Crippen molar-refractivity contribution >= 4 is 5.69 Å². The second-order valence-electron chi connectivity index (χ2n) is 4.15. The molecule has 1 aromatic rings. The third-order valence-electron chi connectivity index (χ3n) is 2.93. The number of aryl methyl sites for hydroxylation is 1. The van der Waals surface area contributed by atoms with E-state index < -0.39 is 0 Å². The molecule has 4 nitrogen and oxygen atoms in total. The highest BCUT2D eigenvalue weighted by atomic mass is 16.5. The fourth-order valence-electron chi connectivity index (χ4n) is 2.07. The summed E-state index contributed by atoms with van der Waals surface area (Å²) in [6.07, 6.45) is 2.36. The minimum absolute atomic E-state index is 0.426. The van der Waals surface area contributed by atoms with E-state index in [9.17, 15) is 0 Å². The van der Waals surface area contributed by atoms with E-state index in [0.29, 0.717) is 5.92 Å². The van der Waals surface area contributed by atoms with Crippen LogP contribution in [0.25, 0.3) is 0 Å². The first-order valence-corrected chi connectivity index (χ1v) is 5.08. The summed E-state index contributed by atoms with van der Waals surface area (Å²) < 4.78 is 5.28. The van der Waals surface area contributed by atoms with Crippen LogP contribution in [-0.2, 0) is 0 Å². The number of rotatable bonds is 1. The number of likely N-dealkylation sites (tertiary alicyclic amines) is 1. The number of piperidine rings is 1. The third kappa shape index (κ3) is 1.62. The van der Waals surface area contributed by atoms with E-state index in [0.717, 1.165) is 30.1 Å². The van der Waals surface area contributed by atoms with Crippen LogP contribution in [-0.4, -0.2) is 30.2 Å². The van der Waals surface area contributed by atoms with Gasteiger partial charge in [-0.2, -0.15) is 0 Å². The zero-order valence-electron chi connectivity index (χ0n) is 8.79. The van der Waals surface area contributed by atoms with Gasteiger partial charge in [-0.15, -0.1) is 0 Å². The average molecular weight is 195 g/mol. The van der Waals surface area contributed by atoms with Gasteiger partial charge < -0.3 is 15.2 Å². The van der Waals surface area contributed by atoms with E-state index in [2.05, 4.69) is 17.1 Å². The zero-order valence-corrected chi connectivity index (χ0v) is 8.79. The summed E-state index contributed by atoms with van der Waals surface area (Å²) in [6.45, 7) is 4.08. The Morgan fingerprint density at radius 3 is 2.93 bits per heavy atom. The lowest BCUT2D eigenvalue weighted by Gasteiger charge is -2.28. The molecule has 1 aliphatic rings. The maximum atomic E-state index is 5.90. The Bertz CT molecular complexity index is 321. The van der Waals surface area contributed by atoms with Crippen LogP contribution >= 0.6 is 0 Å². The molecule has 2 rings (SSSR count). The van der Waals surface area contributed by atoms with Crippen molar-refractivity contribution in [3.05, 3.63) is 11.5 Å². The molecule has 2 N–H and O–H groups in total. The van der Waals surface area contributed by atoms with Gasteiger partial charge in [-0.25, -0.2) is 0 Å². The molecule has 0 spiro atoms. The summed E-state index contributed by atoms with van der Waals surface area (Å²) in [5.74, 6) is 1.31. The Balaban J connectivity index is 2.18. The molecule has 0 saturated carbocycles. The molecule has 0 aromatic carbocycles. The maximum absolute atomic E-state index is 5.90. The van der Waals surface area contributed by atoms with Crippen LogP contribution in [0.5, 0.6) is 0 Å². The SMILES string of the molecule is Cc1noc(C2CCCN(C)C2)c1N. The van der Waals surface area contributed by atoms with Crippen LogP contribution in [0.4, 0.5) is 5.69 Å². The van der Waals surface area contributed by atoms with Gasteiger partial charge in [-0.1, -0.05) is 5.16 Å². The summed E-state index contributed by atoms with van der Waals surface area (Å²) in [5, 5.41) is 3.90. The highest BCUT2D eigenvalue weighted by Gasteiger charge is 2.25. The van der Waals surface area contributed by atoms with Crippen molar-refractivity contribution in [2.75, 3.05) is 25.9 Å². The Morgan fingerprint density at radius 2 is 2.36 bits per heavy atom. The van der Waals surface area contributed by atoms with Crippen LogP contribution < -0.4 is 5.73 Å². The largest absolute Gasteiger partial charge is 0.394 e. The van der Waals surface area contributed by atoms with E-state index >= 15 is 0 Å². The quantitative estimate of drug-likeness (QED) is 0.735. The fraction of sp³-hybridized carbons (Fsp3) is 0.700. The molecule has 1 aliphatic heterocycles. The minimum Gasteiger partial charge on any atom is -0.394 e. The van der Waals surface area contributed by atoms with E-state index in [1.54, 1.807) is 0 Å². The molecule has 14 heavy (non-hydrogen) atoms. The monoisotopic (exact) mass is 195 g/mol. The molecule has 0 amide bonds. The number of nitrogens with zero attached hydrogens (tertiary/aromatic N) is 2. The van der Waals surface area contributed by atoms with E-state index in [-0.39, 0.29) is 0 Å². The van der Waals surface area contributed by atoms with Gasteiger partial charge in [0.15, 0.2) is 5.76 Å². The lowest BCUT2D eigenvalue weighted by Crippen LogP contribution is -2.30. The molecular weight excluding hydrogens is 178 g/mol. The molecule has 1 atom stereocenters. The standard InChI is InChI=1S/C10H17N3O/c1-7-9(11)10(14-12-7)8-4-3-5-13(2)6-8/h8H,3-6,11H2,1-2H3. The van der Waals surface area contributed by atoms with Crippen molar-refractivity contribution in [3.63, 3.8) is 0 Å². The summed E-state index contributed by atoms with van der Waals surface area (Å²) >= 11 is 0. The van der Waals surface area contributed by atoms with Crippen molar-refractivity contribution in [1.82, 2.24) is 10.1 Å². The number of aromatic nitrogens is 1. The second-order valence-corrected chi connectivity index (χ2v) is 4.15. The van der Waals surface area contributed by atoms with Gasteiger partial charge in [0, 0.05) is 12.5 Å². The normalized spacial score (nSPS) is 24.0. The lowest BCUT2D eigenvalue weighted by molar-refractivity contribution is 0.224. The van der Waals surface area contributed by atoms with Crippen molar-refractivity contribution < 1.29 is 4.52 Å². The Kier molecular flexibility index (Phi) is 2.46. The first-order valence-electron chi connectivity index (χ1n) is 5.08. The van der Waals surface area contributed by atoms with Crippen molar-refractivity contribution in [3.8, 4) is 0 Å². The van der Waals surface area contributed by atoms with Crippen LogP contribution in [0.2, 0.25) is 0 Å². The van der Waals surface area contributed by atoms with Gasteiger partial charge in [0.2, 0.25) is 0 Å². The molecule has 0 radical (unpaired) electrons. The number of hydrogen-bond acceptors (Lipinski definition) is 4. The van der Waals surface area contributed by atoms with Crippen LogP contribution in [0.15, 0.2) is 4.52 Å². The van der Waals surface area contributed by atoms with Crippen LogP contribution in [0.3, 0.4) is 0 Å². The second kappa shape index (κ2) is 3.61. The van der Waals surface area contributed by atoms with Gasteiger partial charge >= 0.3 is 0 Å². The molecule has 0 aliphatic carbocycles. The number of hydrogen-bond donors (Lipinski definition) is 1. The molecule has 4 heteroatoms. The highest BCUT2D eigenvalue weighted by molar-refractivity contribution is 5.47. The van der Waals surface area contributed by atoms with Crippen molar-refractivity contribution in [1.29, 1.82) is 0 Å². The molecule has 78 valence electrons. The highest BCUT2D eigenvalue weighted by Crippen LogP contribution is 2.31. The topological polar surface area (TPSA) is 55.3 Å². The molecule has 2 heterocycles. The fourth-order valence-corrected chi connectivity index (χ4v) is 2.07. The summed E-state index contributed by atoms with van der Waals surface area (Å²) in [4.78, 5) is 2.31. The first-order chi connectivity index (χ1) is 6.68. The summed E-state index contributed by atoms with van der Waals surface area (Å²) in [7, 11) is 2.13. The molecule has 0 bridgehead atoms. The number of likely N-dealkylation sites (N-methyl/N-ethyl adjacent to an activating group) is 1. The van der Waals surface area contributed by atoms with Gasteiger partial charge in [-0.05, 0) is 33.4 Å². The van der Waals surface area contributed by atoms with E-state index in [1.807, 2.05) is 6.92 Å². The Hall–Kier alpha value is -1.03. The predicted molar refractivity (Wildman–Crippen MR) is 55.1 cm³/mol. The molecule has 1 saturated heterocycles. The first kappa shape index (κ1) is 9.52. The smallest absolute Gasteiger partial charge is 0.164 e. The van der Waals surface area contributed by atoms with Gasteiger partial charge in [0.05, 0.1) is 5.69 Å². The van der Waals surface area contributed by atoms with Crippen molar-refractivity contribution in [2.45, 2.75) is 25.7 Å². The predicted octanol–water partition coefficient (Wildman–Crippen LogP) is 1.37. The Labute approximate surface area is 84.0 Å². The lowest BCUT2D eigenvalue weighted by atomic mass is 9.95. The molecular formula is C10H17N3O. The molecule has 1 unspecified atom stereocenters. The minimum atomic E-state index is 0.426. The third-order valence-corrected chi connectivity index (χ3v) is 2.93. The maximum Gasteiger partial charge on any atom is 0.164 e. The van der Waals surface area contributed by atoms with E-state index in [1.165, 1.54) is 13.0 Å². The summed E-state index contributed by atoms with van der Waals surface area (Å²) in [5.41, 5.74) is 7.46. The van der Waals surface area contributed by atoms with E-state index in [4.69, 9.17) is 10.3 Å². The molecule has 1 aromatic heterocycles. The average Bonchev–Trinajstić information content (AvgIpc) is 2.48. The van der Waals surface area contributed by atoms with Gasteiger partial charge in [-0.3, -0.25) is 0 Å². The number of nitrogen functional groups attached to an aromatic ring is 1. The van der Waals surface area contributed by atoms with Gasteiger partial charge in [0.1, 0.15) is 5.69 Å². The van der Waals surface area contributed by atoms with Crippen molar-refractivity contribution in [2.24, 2.45) is 0 Å². The molecule has 1 fully saturated rings. The number of nitrogens with two attached hydrogens (primary N) is 1. The van der Waals surface area contributed by atoms with Crippen LogP contribution in [0, 0.1) is 6.92 Å². The Morgan fingerprint density at radius 1 is 1.57 bits per heavy atom.